The third kappa shape index (κ3) is 3.40. The van der Waals surface area contributed by atoms with E-state index in [-0.39, 0.29) is 16.3 Å². The average Bonchev–Trinajstić information content (AvgIpc) is 3.24. The van der Waals surface area contributed by atoms with E-state index in [1.165, 1.54) is 12.1 Å². The molecule has 4 rings (SSSR count). The lowest BCUT2D eigenvalue weighted by Gasteiger charge is -2.07. The summed E-state index contributed by atoms with van der Waals surface area (Å²) >= 11 is 7.55. The second kappa shape index (κ2) is 6.82. The van der Waals surface area contributed by atoms with Crippen molar-refractivity contribution in [2.45, 2.75) is 0 Å². The number of imidazole rings is 1. The fraction of sp³-hybridized carbons (Fsp3) is 0. The second-order valence-electron chi connectivity index (χ2n) is 5.67. The van der Waals surface area contributed by atoms with Gasteiger partial charge in [0.05, 0.1) is 21.2 Å². The largest absolute Gasteiger partial charge is 0.322 e. The average molecular weight is 399 g/mol. The van der Waals surface area contributed by atoms with Crippen LogP contribution >= 0.6 is 22.9 Å². The zero-order valence-corrected chi connectivity index (χ0v) is 15.2. The minimum absolute atomic E-state index is 0.0456. The summed E-state index contributed by atoms with van der Waals surface area (Å²) < 4.78 is 1.94. The molecule has 0 fully saturated rings. The first-order valence-corrected chi connectivity index (χ1v) is 9.05. The molecular weight excluding hydrogens is 388 g/mol. The Morgan fingerprint density at radius 1 is 1.22 bits per heavy atom. The highest BCUT2D eigenvalue weighted by Gasteiger charge is 2.16. The van der Waals surface area contributed by atoms with Crippen LogP contribution in [0.1, 0.15) is 10.4 Å². The lowest BCUT2D eigenvalue weighted by molar-refractivity contribution is -0.384. The van der Waals surface area contributed by atoms with Gasteiger partial charge in [0.25, 0.3) is 11.6 Å². The maximum absolute atomic E-state index is 12.4. The van der Waals surface area contributed by atoms with Crippen LogP contribution in [0.2, 0.25) is 5.02 Å². The number of anilines is 1. The van der Waals surface area contributed by atoms with E-state index in [1.54, 1.807) is 23.5 Å². The molecule has 0 aliphatic carbocycles. The molecule has 9 heteroatoms. The fourth-order valence-electron chi connectivity index (χ4n) is 2.59. The Morgan fingerprint density at radius 2 is 2.00 bits per heavy atom. The molecule has 2 aromatic heterocycles. The predicted molar refractivity (Wildman–Crippen MR) is 105 cm³/mol. The number of nitro groups is 1. The second-order valence-corrected chi connectivity index (χ2v) is 6.95. The summed E-state index contributed by atoms with van der Waals surface area (Å²) in [5.74, 6) is -0.515. The first kappa shape index (κ1) is 17.2. The number of rotatable bonds is 4. The van der Waals surface area contributed by atoms with Crippen LogP contribution < -0.4 is 5.32 Å². The summed E-state index contributed by atoms with van der Waals surface area (Å²) in [4.78, 5) is 28.2. The molecular formula is C18H11ClN4O3S. The summed E-state index contributed by atoms with van der Waals surface area (Å²) in [5.41, 5.74) is 2.15. The van der Waals surface area contributed by atoms with Gasteiger partial charge in [-0.05, 0) is 18.2 Å². The third-order valence-electron chi connectivity index (χ3n) is 3.94. The maximum atomic E-state index is 12.4. The van der Waals surface area contributed by atoms with Crippen molar-refractivity contribution < 1.29 is 9.72 Å². The van der Waals surface area contributed by atoms with Crippen molar-refractivity contribution in [2.24, 2.45) is 0 Å². The summed E-state index contributed by atoms with van der Waals surface area (Å²) in [5, 5.41) is 15.7. The first-order valence-electron chi connectivity index (χ1n) is 7.79. The number of carbonyl (C=O) groups excluding carboxylic acids is 1. The van der Waals surface area contributed by atoms with Crippen LogP contribution in [0, 0.1) is 10.1 Å². The van der Waals surface area contributed by atoms with Gasteiger partial charge in [0.2, 0.25) is 0 Å². The van der Waals surface area contributed by atoms with Gasteiger partial charge < -0.3 is 5.32 Å². The number of amides is 1. The molecule has 0 radical (unpaired) electrons. The normalized spacial score (nSPS) is 10.9. The van der Waals surface area contributed by atoms with E-state index < -0.39 is 10.8 Å². The minimum Gasteiger partial charge on any atom is -0.322 e. The van der Waals surface area contributed by atoms with Crippen LogP contribution in [-0.2, 0) is 0 Å². The molecule has 7 nitrogen and oxygen atoms in total. The summed E-state index contributed by atoms with van der Waals surface area (Å²) in [7, 11) is 0. The molecule has 0 atom stereocenters. The Balaban J connectivity index is 1.54. The van der Waals surface area contributed by atoms with Crippen molar-refractivity contribution in [2.75, 3.05) is 5.32 Å². The van der Waals surface area contributed by atoms with Crippen LogP contribution in [0.3, 0.4) is 0 Å². The molecule has 0 saturated carbocycles. The molecule has 0 aliphatic heterocycles. The van der Waals surface area contributed by atoms with Crippen LogP contribution in [-0.4, -0.2) is 20.2 Å². The van der Waals surface area contributed by atoms with Crippen molar-refractivity contribution in [3.8, 4) is 11.3 Å². The van der Waals surface area contributed by atoms with Crippen LogP contribution in [0.25, 0.3) is 16.2 Å². The Kier molecular flexibility index (Phi) is 4.35. The number of fused-ring (bicyclic) bond motifs is 1. The highest BCUT2D eigenvalue weighted by atomic mass is 35.5. The molecule has 2 aromatic carbocycles. The number of aromatic nitrogens is 2. The highest BCUT2D eigenvalue weighted by molar-refractivity contribution is 7.15. The van der Waals surface area contributed by atoms with Gasteiger partial charge in [0.1, 0.15) is 0 Å². The van der Waals surface area contributed by atoms with Crippen molar-refractivity contribution in [3.63, 3.8) is 0 Å². The lowest BCUT2D eigenvalue weighted by Crippen LogP contribution is -2.12. The Hall–Kier alpha value is -3.23. The molecule has 0 unspecified atom stereocenters. The smallest absolute Gasteiger partial charge is 0.270 e. The molecule has 0 bridgehead atoms. The number of nitrogens with one attached hydrogen (secondary N) is 1. The van der Waals surface area contributed by atoms with Gasteiger partial charge in [-0.15, -0.1) is 11.3 Å². The van der Waals surface area contributed by atoms with Gasteiger partial charge in [-0.1, -0.05) is 23.7 Å². The van der Waals surface area contributed by atoms with Gasteiger partial charge in [0, 0.05) is 41.2 Å². The van der Waals surface area contributed by atoms with Crippen molar-refractivity contribution in [3.05, 3.63) is 80.9 Å². The standard InChI is InChI=1S/C18H11ClN4O3S/c19-15-6-5-13(23(25)26)9-14(15)17(24)20-12-3-1-11(2-4-12)16-10-22-7-8-27-18(22)21-16/h1-10H,(H,20,24). The highest BCUT2D eigenvalue weighted by Crippen LogP contribution is 2.25. The maximum Gasteiger partial charge on any atom is 0.270 e. The fourth-order valence-corrected chi connectivity index (χ4v) is 3.49. The number of non-ortho nitro benzene ring substituents is 1. The number of nitrogens with zero attached hydrogens (tertiary/aromatic N) is 3. The zero-order chi connectivity index (χ0) is 19.0. The Morgan fingerprint density at radius 3 is 2.70 bits per heavy atom. The summed E-state index contributed by atoms with van der Waals surface area (Å²) in [6, 6.07) is 10.9. The zero-order valence-electron chi connectivity index (χ0n) is 13.6. The molecule has 1 amide bonds. The summed E-state index contributed by atoms with van der Waals surface area (Å²) in [6.07, 6.45) is 3.87. The van der Waals surface area contributed by atoms with E-state index in [1.807, 2.05) is 34.3 Å². The van der Waals surface area contributed by atoms with E-state index in [9.17, 15) is 14.9 Å². The van der Waals surface area contributed by atoms with Crippen LogP contribution in [0.15, 0.2) is 60.2 Å². The number of benzene rings is 2. The van der Waals surface area contributed by atoms with Gasteiger partial charge >= 0.3 is 0 Å². The molecule has 0 aliphatic rings. The predicted octanol–water partition coefficient (Wildman–Crippen LogP) is 4.88. The molecule has 134 valence electrons. The van der Waals surface area contributed by atoms with Gasteiger partial charge in [-0.2, -0.15) is 0 Å². The van der Waals surface area contributed by atoms with Gasteiger partial charge in [-0.25, -0.2) is 4.98 Å². The number of hydrogen-bond acceptors (Lipinski definition) is 5. The lowest BCUT2D eigenvalue weighted by atomic mass is 10.1. The monoisotopic (exact) mass is 398 g/mol. The van der Waals surface area contributed by atoms with Gasteiger partial charge in [-0.3, -0.25) is 19.3 Å². The number of carbonyl (C=O) groups is 1. The molecule has 0 spiro atoms. The van der Waals surface area contributed by atoms with Crippen molar-refractivity contribution >= 4 is 45.2 Å². The van der Waals surface area contributed by atoms with Crippen molar-refractivity contribution in [1.82, 2.24) is 9.38 Å². The number of nitro benzene ring substituents is 1. The Bertz CT molecular complexity index is 1140. The van der Waals surface area contributed by atoms with E-state index in [0.717, 1.165) is 22.3 Å². The molecule has 4 aromatic rings. The quantitative estimate of drug-likeness (QED) is 0.392. The third-order valence-corrected chi connectivity index (χ3v) is 5.04. The van der Waals surface area contributed by atoms with Gasteiger partial charge in [0.15, 0.2) is 4.96 Å². The molecule has 0 saturated heterocycles. The Labute approximate surface area is 162 Å². The van der Waals surface area contributed by atoms with Crippen LogP contribution in [0.5, 0.6) is 0 Å². The van der Waals surface area contributed by atoms with Crippen LogP contribution in [0.4, 0.5) is 11.4 Å². The number of thiazole rings is 1. The number of halogens is 1. The van der Waals surface area contributed by atoms with Crippen molar-refractivity contribution in [1.29, 1.82) is 0 Å². The van der Waals surface area contributed by atoms with E-state index in [4.69, 9.17) is 11.6 Å². The molecule has 2 heterocycles. The van der Waals surface area contributed by atoms with E-state index in [2.05, 4.69) is 10.3 Å². The summed E-state index contributed by atoms with van der Waals surface area (Å²) in [6.45, 7) is 0. The first-order chi connectivity index (χ1) is 13.0. The molecule has 27 heavy (non-hydrogen) atoms. The SMILES string of the molecule is O=C(Nc1ccc(-c2cn3ccsc3n2)cc1)c1cc([N+](=O)[O-])ccc1Cl. The van der Waals surface area contributed by atoms with E-state index in [0.29, 0.717) is 5.69 Å². The minimum atomic E-state index is -0.572. The molecule has 1 N–H and O–H groups in total. The number of hydrogen-bond donors (Lipinski definition) is 1. The topological polar surface area (TPSA) is 89.5 Å². The van der Waals surface area contributed by atoms with E-state index >= 15 is 0 Å².